The molecule has 32 heavy (non-hydrogen) atoms. The maximum Gasteiger partial charge on any atom is 0.435 e. The summed E-state index contributed by atoms with van der Waals surface area (Å²) in [6.07, 6.45) is 0.120. The third kappa shape index (κ3) is 6.30. The van der Waals surface area contributed by atoms with Gasteiger partial charge in [0.05, 0.1) is 10.7 Å². The Kier molecular flexibility index (Phi) is 7.87. The van der Waals surface area contributed by atoms with Gasteiger partial charge >= 0.3 is 6.18 Å². The van der Waals surface area contributed by atoms with E-state index < -0.39 is 11.9 Å². The Morgan fingerprint density at radius 2 is 1.72 bits per heavy atom. The van der Waals surface area contributed by atoms with Crippen molar-refractivity contribution in [1.82, 2.24) is 24.6 Å². The first kappa shape index (κ1) is 23.7. The molecular weight excluding hydrogens is 443 g/mol. The van der Waals surface area contributed by atoms with E-state index in [0.717, 1.165) is 45.2 Å². The summed E-state index contributed by atoms with van der Waals surface area (Å²) in [6, 6.07) is 11.7. The van der Waals surface area contributed by atoms with Gasteiger partial charge in [-0.2, -0.15) is 18.3 Å². The fourth-order valence-corrected chi connectivity index (χ4v) is 3.47. The van der Waals surface area contributed by atoms with Gasteiger partial charge in [0.15, 0.2) is 5.69 Å². The molecule has 0 spiro atoms. The van der Waals surface area contributed by atoms with Crippen molar-refractivity contribution in [2.24, 2.45) is 0 Å². The van der Waals surface area contributed by atoms with E-state index in [4.69, 9.17) is 11.6 Å². The molecule has 4 rings (SSSR count). The van der Waals surface area contributed by atoms with Crippen LogP contribution in [0.4, 0.5) is 13.2 Å². The number of aromatic nitrogens is 3. The first-order chi connectivity index (χ1) is 15.3. The van der Waals surface area contributed by atoms with Crippen LogP contribution in [0.25, 0.3) is 5.69 Å². The Morgan fingerprint density at radius 1 is 1.06 bits per heavy atom. The maximum atomic E-state index is 12.5. The van der Waals surface area contributed by atoms with Gasteiger partial charge in [-0.05, 0) is 42.8 Å². The molecular formula is C22H23ClF3N5O. The number of carbonyl (C=O) groups excluding carboxylic acids is 1. The van der Waals surface area contributed by atoms with Crippen molar-refractivity contribution in [3.05, 3.63) is 76.8 Å². The lowest BCUT2D eigenvalue weighted by Crippen LogP contribution is -2.45. The van der Waals surface area contributed by atoms with E-state index in [-0.39, 0.29) is 0 Å². The van der Waals surface area contributed by atoms with Crippen LogP contribution in [0, 0.1) is 6.92 Å². The second-order valence-corrected chi connectivity index (χ2v) is 7.71. The van der Waals surface area contributed by atoms with Crippen molar-refractivity contribution in [2.45, 2.75) is 19.6 Å². The van der Waals surface area contributed by atoms with Gasteiger partial charge in [-0.3, -0.25) is 14.7 Å². The third-order valence-corrected chi connectivity index (χ3v) is 5.29. The molecule has 0 bridgehead atoms. The standard InChI is InChI=1S/C11H8ClF3N2.C11H15N3O/c1-7-6-10(11(13,14)15)16-17(7)9-5-3-2-4-8(9)12;15-10-14-7-5-13(6-8-14)9-11-1-3-12-4-2-11/h2-6H,1H3;1-4,10H,5-9H2. The predicted molar refractivity (Wildman–Crippen MR) is 115 cm³/mol. The smallest absolute Gasteiger partial charge is 0.343 e. The van der Waals surface area contributed by atoms with Crippen molar-refractivity contribution in [1.29, 1.82) is 0 Å². The van der Waals surface area contributed by atoms with Crippen LogP contribution in [0.15, 0.2) is 54.9 Å². The number of rotatable bonds is 4. The number of hydrogen-bond donors (Lipinski definition) is 0. The monoisotopic (exact) mass is 465 g/mol. The third-order valence-electron chi connectivity index (χ3n) is 4.97. The topological polar surface area (TPSA) is 54.3 Å². The fraction of sp³-hybridized carbons (Fsp3) is 0.318. The summed E-state index contributed by atoms with van der Waals surface area (Å²) >= 11 is 5.91. The van der Waals surface area contributed by atoms with Crippen molar-refractivity contribution in [2.75, 3.05) is 26.2 Å². The highest BCUT2D eigenvalue weighted by atomic mass is 35.5. The zero-order valence-corrected chi connectivity index (χ0v) is 18.2. The number of alkyl halides is 3. The summed E-state index contributed by atoms with van der Waals surface area (Å²) in [6.45, 7) is 6.10. The highest BCUT2D eigenvalue weighted by Crippen LogP contribution is 2.30. The number of benzene rings is 1. The van der Waals surface area contributed by atoms with Crippen molar-refractivity contribution >= 4 is 18.0 Å². The van der Waals surface area contributed by atoms with E-state index >= 15 is 0 Å². The van der Waals surface area contributed by atoms with Gasteiger partial charge in [-0.1, -0.05) is 23.7 Å². The number of hydrogen-bond acceptors (Lipinski definition) is 4. The lowest BCUT2D eigenvalue weighted by atomic mass is 10.2. The minimum atomic E-state index is -4.45. The van der Waals surface area contributed by atoms with Gasteiger partial charge in [0.25, 0.3) is 0 Å². The molecule has 170 valence electrons. The van der Waals surface area contributed by atoms with E-state index in [1.807, 2.05) is 29.4 Å². The molecule has 3 heterocycles. The van der Waals surface area contributed by atoms with E-state index in [1.165, 1.54) is 10.2 Å². The summed E-state index contributed by atoms with van der Waals surface area (Å²) < 4.78 is 38.7. The Labute approximate surface area is 189 Å². The quantitative estimate of drug-likeness (QED) is 0.542. The Bertz CT molecular complexity index is 1020. The summed E-state index contributed by atoms with van der Waals surface area (Å²) in [5.41, 5.74) is 1.17. The average Bonchev–Trinajstić information content (AvgIpc) is 3.18. The number of para-hydroxylation sites is 1. The average molecular weight is 466 g/mol. The number of pyridine rings is 1. The van der Waals surface area contributed by atoms with Crippen LogP contribution in [-0.2, 0) is 17.5 Å². The number of halogens is 4. The maximum absolute atomic E-state index is 12.5. The summed E-state index contributed by atoms with van der Waals surface area (Å²) in [7, 11) is 0. The first-order valence-corrected chi connectivity index (χ1v) is 10.3. The SMILES string of the molecule is Cc1cc(C(F)(F)F)nn1-c1ccccc1Cl.O=CN1CCN(Cc2ccncc2)CC1. The second kappa shape index (κ2) is 10.6. The number of aryl methyl sites for hydroxylation is 1. The summed E-state index contributed by atoms with van der Waals surface area (Å²) in [4.78, 5) is 18.7. The molecule has 0 unspecified atom stereocenters. The van der Waals surface area contributed by atoms with Crippen LogP contribution in [0.5, 0.6) is 0 Å². The second-order valence-electron chi connectivity index (χ2n) is 7.30. The zero-order chi connectivity index (χ0) is 23.1. The first-order valence-electron chi connectivity index (χ1n) is 9.97. The molecule has 1 aromatic carbocycles. The van der Waals surface area contributed by atoms with E-state index in [1.54, 1.807) is 31.2 Å². The van der Waals surface area contributed by atoms with Gasteiger partial charge in [0.1, 0.15) is 0 Å². The largest absolute Gasteiger partial charge is 0.435 e. The minimum Gasteiger partial charge on any atom is -0.343 e. The molecule has 3 aromatic rings. The van der Waals surface area contributed by atoms with Crippen LogP contribution in [-0.4, -0.2) is 57.2 Å². The number of nitrogens with zero attached hydrogens (tertiary/aromatic N) is 5. The predicted octanol–water partition coefficient (Wildman–Crippen LogP) is 4.21. The lowest BCUT2D eigenvalue weighted by Gasteiger charge is -2.32. The van der Waals surface area contributed by atoms with Crippen molar-refractivity contribution in [3.63, 3.8) is 0 Å². The molecule has 1 fully saturated rings. The molecule has 1 aliphatic heterocycles. The molecule has 1 saturated heterocycles. The van der Waals surface area contributed by atoms with E-state index in [2.05, 4.69) is 15.0 Å². The molecule has 0 radical (unpaired) electrons. The normalized spacial score (nSPS) is 14.6. The van der Waals surface area contributed by atoms with Gasteiger partial charge in [-0.15, -0.1) is 0 Å². The molecule has 0 N–H and O–H groups in total. The number of carbonyl (C=O) groups is 1. The van der Waals surface area contributed by atoms with Crippen LogP contribution < -0.4 is 0 Å². The van der Waals surface area contributed by atoms with Gasteiger partial charge in [0.2, 0.25) is 6.41 Å². The Hall–Kier alpha value is -2.91. The van der Waals surface area contributed by atoms with Gasteiger partial charge in [-0.25, -0.2) is 4.68 Å². The molecule has 6 nitrogen and oxygen atoms in total. The van der Waals surface area contributed by atoms with Crippen molar-refractivity contribution in [3.8, 4) is 5.69 Å². The molecule has 1 aliphatic rings. The van der Waals surface area contributed by atoms with Crippen LogP contribution >= 0.6 is 11.6 Å². The lowest BCUT2D eigenvalue weighted by molar-refractivity contribution is -0.141. The molecule has 10 heteroatoms. The molecule has 0 aliphatic carbocycles. The molecule has 2 aromatic heterocycles. The van der Waals surface area contributed by atoms with E-state index in [9.17, 15) is 18.0 Å². The Balaban J connectivity index is 0.000000182. The zero-order valence-electron chi connectivity index (χ0n) is 17.5. The van der Waals surface area contributed by atoms with Crippen LogP contribution in [0.1, 0.15) is 17.0 Å². The van der Waals surface area contributed by atoms with E-state index in [0.29, 0.717) is 16.4 Å². The highest BCUT2D eigenvalue weighted by molar-refractivity contribution is 6.32. The highest BCUT2D eigenvalue weighted by Gasteiger charge is 2.34. The Morgan fingerprint density at radius 3 is 2.28 bits per heavy atom. The molecule has 0 atom stereocenters. The van der Waals surface area contributed by atoms with Gasteiger partial charge in [0, 0.05) is 50.8 Å². The minimum absolute atomic E-state index is 0.354. The molecule has 0 saturated carbocycles. The summed E-state index contributed by atoms with van der Waals surface area (Å²) in [5, 5.41) is 3.87. The van der Waals surface area contributed by atoms with Crippen LogP contribution in [0.2, 0.25) is 5.02 Å². The fourth-order valence-electron chi connectivity index (χ4n) is 3.25. The molecule has 1 amide bonds. The van der Waals surface area contributed by atoms with Crippen LogP contribution in [0.3, 0.4) is 0 Å². The summed E-state index contributed by atoms with van der Waals surface area (Å²) in [5.74, 6) is 0. The number of amides is 1. The number of piperazine rings is 1. The van der Waals surface area contributed by atoms with Gasteiger partial charge < -0.3 is 4.90 Å². The van der Waals surface area contributed by atoms with Crippen molar-refractivity contribution < 1.29 is 18.0 Å².